The summed E-state index contributed by atoms with van der Waals surface area (Å²) in [7, 11) is 3.33. The number of amides is 2. The van der Waals surface area contributed by atoms with E-state index in [1.807, 2.05) is 19.1 Å². The second-order valence-corrected chi connectivity index (χ2v) is 5.45. The lowest BCUT2D eigenvalue weighted by Gasteiger charge is -2.34. The molecule has 0 aliphatic carbocycles. The van der Waals surface area contributed by atoms with Gasteiger partial charge < -0.3 is 19.3 Å². The molecule has 0 saturated carbocycles. The van der Waals surface area contributed by atoms with Crippen molar-refractivity contribution >= 4 is 11.8 Å². The summed E-state index contributed by atoms with van der Waals surface area (Å²) in [4.78, 5) is 27.4. The molecule has 0 unspecified atom stereocenters. The van der Waals surface area contributed by atoms with Crippen molar-refractivity contribution in [1.82, 2.24) is 9.80 Å². The van der Waals surface area contributed by atoms with Crippen LogP contribution < -0.4 is 9.47 Å². The summed E-state index contributed by atoms with van der Waals surface area (Å²) in [5, 5.41) is 0. The van der Waals surface area contributed by atoms with Gasteiger partial charge in [0.1, 0.15) is 6.10 Å². The standard InChI is InChI=1S/C16H22N2O4/c1-5-18(10-14(19)17(3)4)16(20)15-11(2)21-12-8-6-7-9-13(12)22-15/h6-9,11,15H,5,10H2,1-4H3/t11-,15-/m0/s1. The van der Waals surface area contributed by atoms with Crippen LogP contribution in [0.3, 0.4) is 0 Å². The van der Waals surface area contributed by atoms with E-state index in [-0.39, 0.29) is 18.4 Å². The quantitative estimate of drug-likeness (QED) is 0.837. The molecule has 0 bridgehead atoms. The van der Waals surface area contributed by atoms with Gasteiger partial charge in [0, 0.05) is 20.6 Å². The third-order valence-corrected chi connectivity index (χ3v) is 3.60. The van der Waals surface area contributed by atoms with Gasteiger partial charge in [0.25, 0.3) is 5.91 Å². The maximum absolute atomic E-state index is 12.7. The number of likely N-dealkylation sites (N-methyl/N-ethyl adjacent to an activating group) is 2. The minimum Gasteiger partial charge on any atom is -0.482 e. The summed E-state index contributed by atoms with van der Waals surface area (Å²) in [6.45, 7) is 4.10. The van der Waals surface area contributed by atoms with E-state index in [1.54, 1.807) is 33.2 Å². The van der Waals surface area contributed by atoms with Crippen LogP contribution in [0.5, 0.6) is 11.5 Å². The second-order valence-electron chi connectivity index (χ2n) is 5.45. The third kappa shape index (κ3) is 3.32. The maximum Gasteiger partial charge on any atom is 0.268 e. The highest BCUT2D eigenvalue weighted by Crippen LogP contribution is 2.33. The smallest absolute Gasteiger partial charge is 0.268 e. The van der Waals surface area contributed by atoms with E-state index in [9.17, 15) is 9.59 Å². The lowest BCUT2D eigenvalue weighted by Crippen LogP contribution is -2.52. The Hall–Kier alpha value is -2.24. The normalized spacial score (nSPS) is 19.5. The first kappa shape index (κ1) is 16.1. The van der Waals surface area contributed by atoms with E-state index in [0.717, 1.165) is 0 Å². The first-order valence-electron chi connectivity index (χ1n) is 7.35. The van der Waals surface area contributed by atoms with Gasteiger partial charge in [0.2, 0.25) is 12.0 Å². The zero-order valence-corrected chi connectivity index (χ0v) is 13.4. The lowest BCUT2D eigenvalue weighted by atomic mass is 10.1. The van der Waals surface area contributed by atoms with Crippen LogP contribution in [0.25, 0.3) is 0 Å². The van der Waals surface area contributed by atoms with Crippen molar-refractivity contribution in [1.29, 1.82) is 0 Å². The van der Waals surface area contributed by atoms with Crippen LogP contribution in [0, 0.1) is 0 Å². The van der Waals surface area contributed by atoms with E-state index in [4.69, 9.17) is 9.47 Å². The van der Waals surface area contributed by atoms with Gasteiger partial charge in [-0.3, -0.25) is 9.59 Å². The van der Waals surface area contributed by atoms with Gasteiger partial charge in [-0.05, 0) is 26.0 Å². The zero-order chi connectivity index (χ0) is 16.3. The SMILES string of the molecule is CCN(CC(=O)N(C)C)C(=O)[C@H]1Oc2ccccc2O[C@H]1C. The molecule has 120 valence electrons. The molecule has 1 aliphatic heterocycles. The topological polar surface area (TPSA) is 59.1 Å². The molecule has 2 rings (SSSR count). The Morgan fingerprint density at radius 3 is 2.27 bits per heavy atom. The Bertz CT molecular complexity index is 559. The molecule has 22 heavy (non-hydrogen) atoms. The fourth-order valence-electron chi connectivity index (χ4n) is 2.22. The van der Waals surface area contributed by atoms with Gasteiger partial charge in [-0.25, -0.2) is 0 Å². The predicted molar refractivity (Wildman–Crippen MR) is 81.9 cm³/mol. The van der Waals surface area contributed by atoms with Crippen LogP contribution in [-0.4, -0.2) is 61.0 Å². The number of carbonyl (C=O) groups is 2. The van der Waals surface area contributed by atoms with Gasteiger partial charge in [-0.15, -0.1) is 0 Å². The second kappa shape index (κ2) is 6.68. The average molecular weight is 306 g/mol. The van der Waals surface area contributed by atoms with Crippen molar-refractivity contribution in [3.05, 3.63) is 24.3 Å². The summed E-state index contributed by atoms with van der Waals surface area (Å²) >= 11 is 0. The molecule has 0 aromatic heterocycles. The summed E-state index contributed by atoms with van der Waals surface area (Å²) in [6.07, 6.45) is -1.16. The van der Waals surface area contributed by atoms with Gasteiger partial charge in [-0.2, -0.15) is 0 Å². The highest BCUT2D eigenvalue weighted by molar-refractivity contribution is 5.87. The van der Waals surface area contributed by atoms with Crippen molar-refractivity contribution in [2.45, 2.75) is 26.1 Å². The van der Waals surface area contributed by atoms with Gasteiger partial charge in [0.15, 0.2) is 11.5 Å². The molecular formula is C16H22N2O4. The van der Waals surface area contributed by atoms with Crippen molar-refractivity contribution in [2.24, 2.45) is 0 Å². The molecule has 0 radical (unpaired) electrons. The minimum atomic E-state index is -0.746. The Morgan fingerprint density at radius 2 is 1.73 bits per heavy atom. The molecule has 1 heterocycles. The van der Waals surface area contributed by atoms with Crippen LogP contribution >= 0.6 is 0 Å². The third-order valence-electron chi connectivity index (χ3n) is 3.60. The Balaban J connectivity index is 2.12. The van der Waals surface area contributed by atoms with Crippen LogP contribution in [0.1, 0.15) is 13.8 Å². The monoisotopic (exact) mass is 306 g/mol. The first-order chi connectivity index (χ1) is 10.4. The van der Waals surface area contributed by atoms with Crippen LogP contribution in [0.15, 0.2) is 24.3 Å². The van der Waals surface area contributed by atoms with Crippen LogP contribution in [-0.2, 0) is 9.59 Å². The molecule has 0 fully saturated rings. The fourth-order valence-corrected chi connectivity index (χ4v) is 2.22. The van der Waals surface area contributed by atoms with Gasteiger partial charge in [0.05, 0.1) is 6.54 Å². The molecule has 6 heteroatoms. The molecule has 1 aliphatic rings. The van der Waals surface area contributed by atoms with Crippen molar-refractivity contribution in [3.8, 4) is 11.5 Å². The number of nitrogens with zero attached hydrogens (tertiary/aromatic N) is 2. The maximum atomic E-state index is 12.7. The van der Waals surface area contributed by atoms with E-state index in [2.05, 4.69) is 0 Å². The Morgan fingerprint density at radius 1 is 1.14 bits per heavy atom. The number of carbonyl (C=O) groups excluding carboxylic acids is 2. The van der Waals surface area contributed by atoms with Gasteiger partial charge in [-0.1, -0.05) is 12.1 Å². The molecule has 0 N–H and O–H groups in total. The average Bonchev–Trinajstić information content (AvgIpc) is 2.50. The number of hydrogen-bond donors (Lipinski definition) is 0. The van der Waals surface area contributed by atoms with Crippen molar-refractivity contribution in [3.63, 3.8) is 0 Å². The van der Waals surface area contributed by atoms with Crippen molar-refractivity contribution < 1.29 is 19.1 Å². The summed E-state index contributed by atoms with van der Waals surface area (Å²) in [5.74, 6) is 0.820. The molecule has 0 saturated heterocycles. The van der Waals surface area contributed by atoms with E-state index in [0.29, 0.717) is 18.0 Å². The number of para-hydroxylation sites is 2. The lowest BCUT2D eigenvalue weighted by molar-refractivity contribution is -0.148. The highest BCUT2D eigenvalue weighted by atomic mass is 16.6. The predicted octanol–water partition coefficient (Wildman–Crippen LogP) is 1.15. The largest absolute Gasteiger partial charge is 0.482 e. The molecule has 2 atom stereocenters. The van der Waals surface area contributed by atoms with Crippen molar-refractivity contribution in [2.75, 3.05) is 27.2 Å². The summed E-state index contributed by atoms with van der Waals surface area (Å²) in [5.41, 5.74) is 0. The van der Waals surface area contributed by atoms with E-state index < -0.39 is 12.2 Å². The molecule has 2 amide bonds. The number of ether oxygens (including phenoxy) is 2. The molecule has 6 nitrogen and oxygen atoms in total. The number of hydrogen-bond acceptors (Lipinski definition) is 4. The highest BCUT2D eigenvalue weighted by Gasteiger charge is 2.36. The Labute approximate surface area is 130 Å². The molecular weight excluding hydrogens is 284 g/mol. The molecule has 1 aromatic rings. The minimum absolute atomic E-state index is 0.0383. The first-order valence-corrected chi connectivity index (χ1v) is 7.35. The summed E-state index contributed by atoms with van der Waals surface area (Å²) < 4.78 is 11.5. The Kier molecular flexibility index (Phi) is 4.90. The number of fused-ring (bicyclic) bond motifs is 1. The molecule has 0 spiro atoms. The number of rotatable bonds is 4. The van der Waals surface area contributed by atoms with E-state index >= 15 is 0 Å². The van der Waals surface area contributed by atoms with E-state index in [1.165, 1.54) is 9.80 Å². The summed E-state index contributed by atoms with van der Waals surface area (Å²) in [6, 6.07) is 7.25. The van der Waals surface area contributed by atoms with Crippen LogP contribution in [0.2, 0.25) is 0 Å². The number of benzene rings is 1. The van der Waals surface area contributed by atoms with Gasteiger partial charge >= 0.3 is 0 Å². The fraction of sp³-hybridized carbons (Fsp3) is 0.500. The molecule has 1 aromatic carbocycles. The zero-order valence-electron chi connectivity index (χ0n) is 13.4. The van der Waals surface area contributed by atoms with Crippen LogP contribution in [0.4, 0.5) is 0 Å².